The monoisotopic (exact) mass is 303 g/mol. The molecule has 112 valence electrons. The molecule has 2 atom stereocenters. The van der Waals surface area contributed by atoms with Crippen molar-refractivity contribution in [2.75, 3.05) is 19.7 Å². The van der Waals surface area contributed by atoms with Gasteiger partial charge in [0.05, 0.1) is 0 Å². The first-order chi connectivity index (χ1) is 10.3. The van der Waals surface area contributed by atoms with E-state index in [-0.39, 0.29) is 12.5 Å². The smallest absolute Gasteiger partial charge is 0.265 e. The lowest BCUT2D eigenvalue weighted by atomic mass is 9.75. The van der Waals surface area contributed by atoms with Gasteiger partial charge in [-0.1, -0.05) is 31.1 Å². The van der Waals surface area contributed by atoms with Crippen molar-refractivity contribution in [3.8, 4) is 11.8 Å². The predicted octanol–water partition coefficient (Wildman–Crippen LogP) is 2.74. The lowest BCUT2D eigenvalue weighted by Gasteiger charge is -2.41. The first-order valence-electron chi connectivity index (χ1n) is 7.76. The molecule has 0 aromatic carbocycles. The second-order valence-corrected chi connectivity index (χ2v) is 6.88. The van der Waals surface area contributed by atoms with E-state index < -0.39 is 0 Å². The van der Waals surface area contributed by atoms with Gasteiger partial charge in [-0.2, -0.15) is 0 Å². The van der Waals surface area contributed by atoms with Crippen molar-refractivity contribution in [3.63, 3.8) is 0 Å². The number of likely N-dealkylation sites (tertiary alicyclic amines) is 1. The van der Waals surface area contributed by atoms with Gasteiger partial charge in [0.15, 0.2) is 0 Å². The van der Waals surface area contributed by atoms with Gasteiger partial charge in [0.1, 0.15) is 11.5 Å². The Kier molecular flexibility index (Phi) is 4.62. The average Bonchev–Trinajstić information content (AvgIpc) is 3.00. The fourth-order valence-electron chi connectivity index (χ4n) is 3.64. The van der Waals surface area contributed by atoms with Crippen molar-refractivity contribution in [1.82, 2.24) is 4.90 Å². The van der Waals surface area contributed by atoms with Gasteiger partial charge in [0, 0.05) is 18.7 Å². The molecule has 2 heterocycles. The van der Waals surface area contributed by atoms with E-state index in [0.717, 1.165) is 35.9 Å². The minimum atomic E-state index is -0.170. The molecule has 0 spiro atoms. The lowest BCUT2D eigenvalue weighted by Crippen LogP contribution is -2.44. The number of carbonyl (C=O) groups is 1. The SMILES string of the molecule is O=C(c1sccc1C#CCO)N1CCC2CCCCC2C1. The van der Waals surface area contributed by atoms with E-state index >= 15 is 0 Å². The zero-order valence-corrected chi connectivity index (χ0v) is 13.0. The Labute approximate surface area is 130 Å². The van der Waals surface area contributed by atoms with Crippen LogP contribution in [0.2, 0.25) is 0 Å². The average molecular weight is 303 g/mol. The van der Waals surface area contributed by atoms with E-state index in [1.807, 2.05) is 16.3 Å². The maximum atomic E-state index is 12.7. The molecular weight excluding hydrogens is 282 g/mol. The number of fused-ring (bicyclic) bond motifs is 1. The highest BCUT2D eigenvalue weighted by atomic mass is 32.1. The molecule has 21 heavy (non-hydrogen) atoms. The number of hydrogen-bond acceptors (Lipinski definition) is 3. The fraction of sp³-hybridized carbons (Fsp3) is 0.588. The Balaban J connectivity index is 1.72. The summed E-state index contributed by atoms with van der Waals surface area (Å²) in [5.41, 5.74) is 0.754. The quantitative estimate of drug-likeness (QED) is 0.810. The van der Waals surface area contributed by atoms with Crippen molar-refractivity contribution in [2.45, 2.75) is 32.1 Å². The Morgan fingerprint density at radius 1 is 1.33 bits per heavy atom. The normalized spacial score (nSPS) is 24.9. The van der Waals surface area contributed by atoms with Crippen molar-refractivity contribution < 1.29 is 9.90 Å². The minimum Gasteiger partial charge on any atom is -0.384 e. The van der Waals surface area contributed by atoms with Gasteiger partial charge in [-0.3, -0.25) is 4.79 Å². The second-order valence-electron chi connectivity index (χ2n) is 5.97. The zero-order chi connectivity index (χ0) is 14.7. The van der Waals surface area contributed by atoms with E-state index in [4.69, 9.17) is 5.11 Å². The van der Waals surface area contributed by atoms with Gasteiger partial charge in [0.25, 0.3) is 5.91 Å². The molecule has 1 saturated heterocycles. The van der Waals surface area contributed by atoms with Crippen LogP contribution in [0.4, 0.5) is 0 Å². The molecule has 0 radical (unpaired) electrons. The van der Waals surface area contributed by atoms with Gasteiger partial charge in [0.2, 0.25) is 0 Å². The molecule has 3 nitrogen and oxygen atoms in total. The maximum Gasteiger partial charge on any atom is 0.265 e. The van der Waals surface area contributed by atoms with Gasteiger partial charge in [-0.25, -0.2) is 0 Å². The van der Waals surface area contributed by atoms with Crippen molar-refractivity contribution >= 4 is 17.2 Å². The van der Waals surface area contributed by atoms with E-state index in [1.165, 1.54) is 37.0 Å². The van der Waals surface area contributed by atoms with E-state index in [9.17, 15) is 4.79 Å². The van der Waals surface area contributed by atoms with E-state index in [0.29, 0.717) is 5.92 Å². The summed E-state index contributed by atoms with van der Waals surface area (Å²) < 4.78 is 0. The van der Waals surface area contributed by atoms with Crippen LogP contribution in [0, 0.1) is 23.7 Å². The zero-order valence-electron chi connectivity index (χ0n) is 12.2. The van der Waals surface area contributed by atoms with Gasteiger partial charge in [-0.15, -0.1) is 11.3 Å². The molecule has 1 amide bonds. The molecule has 1 N–H and O–H groups in total. The van der Waals surface area contributed by atoms with Crippen LogP contribution < -0.4 is 0 Å². The van der Waals surface area contributed by atoms with Gasteiger partial charge in [-0.05, 0) is 36.1 Å². The lowest BCUT2D eigenvalue weighted by molar-refractivity contribution is 0.0525. The number of carbonyl (C=O) groups excluding carboxylic acids is 1. The van der Waals surface area contributed by atoms with E-state index in [2.05, 4.69) is 11.8 Å². The number of thiophene rings is 1. The number of aliphatic hydroxyl groups excluding tert-OH is 1. The molecule has 1 aromatic rings. The Hall–Kier alpha value is -1.31. The van der Waals surface area contributed by atoms with Crippen molar-refractivity contribution in [2.24, 2.45) is 11.8 Å². The molecule has 2 aliphatic rings. The molecule has 0 bridgehead atoms. The molecule has 1 aliphatic heterocycles. The molecule has 2 fully saturated rings. The molecular formula is C17H21NO2S. The molecule has 2 unspecified atom stereocenters. The number of rotatable bonds is 1. The van der Waals surface area contributed by atoms with Crippen molar-refractivity contribution in [3.05, 3.63) is 21.9 Å². The van der Waals surface area contributed by atoms with Crippen LogP contribution in [-0.2, 0) is 0 Å². The summed E-state index contributed by atoms with van der Waals surface area (Å²) in [6.45, 7) is 1.62. The highest BCUT2D eigenvalue weighted by molar-refractivity contribution is 7.12. The highest BCUT2D eigenvalue weighted by Crippen LogP contribution is 2.36. The summed E-state index contributed by atoms with van der Waals surface area (Å²) in [6, 6.07) is 1.87. The van der Waals surface area contributed by atoms with Gasteiger partial charge >= 0.3 is 0 Å². The van der Waals surface area contributed by atoms with Crippen LogP contribution in [0.3, 0.4) is 0 Å². The largest absolute Gasteiger partial charge is 0.384 e. The highest BCUT2D eigenvalue weighted by Gasteiger charge is 2.33. The Morgan fingerprint density at radius 2 is 2.14 bits per heavy atom. The third kappa shape index (κ3) is 3.14. The molecule has 4 heteroatoms. The first kappa shape index (κ1) is 14.6. The Morgan fingerprint density at radius 3 is 2.95 bits per heavy atom. The number of hydrogen-bond donors (Lipinski definition) is 1. The van der Waals surface area contributed by atoms with Crippen molar-refractivity contribution in [1.29, 1.82) is 0 Å². The van der Waals surface area contributed by atoms with Crippen LogP contribution in [0.1, 0.15) is 47.3 Å². The number of piperidine rings is 1. The predicted molar refractivity (Wildman–Crippen MR) is 84.3 cm³/mol. The summed E-state index contributed by atoms with van der Waals surface area (Å²) in [5, 5.41) is 10.7. The number of aliphatic hydroxyl groups is 1. The summed E-state index contributed by atoms with van der Waals surface area (Å²) in [6.07, 6.45) is 6.45. The molecule has 1 aliphatic carbocycles. The van der Waals surface area contributed by atoms with Crippen LogP contribution in [-0.4, -0.2) is 35.6 Å². The van der Waals surface area contributed by atoms with Crippen LogP contribution >= 0.6 is 11.3 Å². The third-order valence-electron chi connectivity index (χ3n) is 4.74. The number of amides is 1. The summed E-state index contributed by atoms with van der Waals surface area (Å²) >= 11 is 1.46. The topological polar surface area (TPSA) is 40.5 Å². The number of nitrogens with zero attached hydrogens (tertiary/aromatic N) is 1. The summed E-state index contributed by atoms with van der Waals surface area (Å²) in [5.74, 6) is 7.17. The first-order valence-corrected chi connectivity index (χ1v) is 8.64. The van der Waals surface area contributed by atoms with Crippen LogP contribution in [0.15, 0.2) is 11.4 Å². The Bertz CT molecular complexity index is 569. The maximum absolute atomic E-state index is 12.7. The third-order valence-corrected chi connectivity index (χ3v) is 5.64. The molecule has 1 aromatic heterocycles. The standard InChI is InChI=1S/C17H21NO2S/c19-10-3-6-14-8-11-21-16(14)17(20)18-9-7-13-4-1-2-5-15(13)12-18/h8,11,13,15,19H,1-2,4-5,7,9-10,12H2. The van der Waals surface area contributed by atoms with E-state index in [1.54, 1.807) is 0 Å². The molecule has 1 saturated carbocycles. The fourth-order valence-corrected chi connectivity index (χ4v) is 4.45. The summed E-state index contributed by atoms with van der Waals surface area (Å²) in [4.78, 5) is 15.5. The summed E-state index contributed by atoms with van der Waals surface area (Å²) in [7, 11) is 0. The minimum absolute atomic E-state index is 0.122. The van der Waals surface area contributed by atoms with Gasteiger partial charge < -0.3 is 10.0 Å². The van der Waals surface area contributed by atoms with Crippen LogP contribution in [0.25, 0.3) is 0 Å². The molecule has 3 rings (SSSR count). The second kappa shape index (κ2) is 6.64. The van der Waals surface area contributed by atoms with Crippen LogP contribution in [0.5, 0.6) is 0 Å².